The average Bonchev–Trinajstić information content (AvgIpc) is 2.68. The SMILES string of the molecule is CNC(CCc1ccnn1C)C1(OC)CCC1. The van der Waals surface area contributed by atoms with Crippen LogP contribution >= 0.6 is 0 Å². The van der Waals surface area contributed by atoms with Gasteiger partial charge in [-0.15, -0.1) is 0 Å². The zero-order chi connectivity index (χ0) is 12.3. The predicted octanol–water partition coefficient (Wildman–Crippen LogP) is 1.51. The molecule has 0 spiro atoms. The molecule has 0 aliphatic heterocycles. The summed E-state index contributed by atoms with van der Waals surface area (Å²) in [7, 11) is 5.87. The third-order valence-electron chi connectivity index (χ3n) is 4.20. The molecule has 1 N–H and O–H groups in total. The van der Waals surface area contributed by atoms with Gasteiger partial charge < -0.3 is 10.1 Å². The lowest BCUT2D eigenvalue weighted by molar-refractivity contribution is -0.0984. The van der Waals surface area contributed by atoms with Crippen LogP contribution in [-0.4, -0.2) is 35.6 Å². The molecule has 1 fully saturated rings. The smallest absolute Gasteiger partial charge is 0.0831 e. The zero-order valence-corrected chi connectivity index (χ0v) is 11.1. The summed E-state index contributed by atoms with van der Waals surface area (Å²) in [6.45, 7) is 0. The van der Waals surface area contributed by atoms with Crippen LogP contribution in [0.25, 0.3) is 0 Å². The fourth-order valence-corrected chi connectivity index (χ4v) is 2.83. The number of rotatable bonds is 6. The Bertz CT molecular complexity index is 352. The third kappa shape index (κ3) is 2.38. The predicted molar refractivity (Wildman–Crippen MR) is 68.0 cm³/mol. The number of likely N-dealkylation sites (N-methyl/N-ethyl adjacent to an activating group) is 1. The van der Waals surface area contributed by atoms with Crippen LogP contribution in [0.15, 0.2) is 12.3 Å². The minimum absolute atomic E-state index is 0.0767. The summed E-state index contributed by atoms with van der Waals surface area (Å²) in [4.78, 5) is 0. The van der Waals surface area contributed by atoms with E-state index in [1.54, 1.807) is 0 Å². The Morgan fingerprint density at radius 1 is 1.59 bits per heavy atom. The van der Waals surface area contributed by atoms with Crippen LogP contribution in [0.2, 0.25) is 0 Å². The van der Waals surface area contributed by atoms with Crippen LogP contribution in [0.5, 0.6) is 0 Å². The van der Waals surface area contributed by atoms with Gasteiger partial charge in [-0.05, 0) is 45.2 Å². The topological polar surface area (TPSA) is 39.1 Å². The van der Waals surface area contributed by atoms with E-state index in [0.29, 0.717) is 6.04 Å². The Kier molecular flexibility index (Phi) is 3.84. The van der Waals surface area contributed by atoms with E-state index in [2.05, 4.69) is 16.5 Å². The second-order valence-corrected chi connectivity index (χ2v) is 4.95. The first-order valence-electron chi connectivity index (χ1n) is 6.41. The lowest BCUT2D eigenvalue weighted by atomic mass is 9.73. The fourth-order valence-electron chi connectivity index (χ4n) is 2.83. The maximum absolute atomic E-state index is 5.74. The number of aryl methyl sites for hydroxylation is 2. The van der Waals surface area contributed by atoms with Gasteiger partial charge in [0.2, 0.25) is 0 Å². The van der Waals surface area contributed by atoms with Gasteiger partial charge in [0.25, 0.3) is 0 Å². The highest BCUT2D eigenvalue weighted by Crippen LogP contribution is 2.39. The molecule has 1 unspecified atom stereocenters. The Morgan fingerprint density at radius 2 is 2.35 bits per heavy atom. The van der Waals surface area contributed by atoms with Gasteiger partial charge in [-0.1, -0.05) is 0 Å². The van der Waals surface area contributed by atoms with Gasteiger partial charge in [0.15, 0.2) is 0 Å². The molecule has 96 valence electrons. The van der Waals surface area contributed by atoms with Crippen LogP contribution in [0.4, 0.5) is 0 Å². The van der Waals surface area contributed by atoms with Crippen LogP contribution < -0.4 is 5.32 Å². The minimum atomic E-state index is 0.0767. The summed E-state index contributed by atoms with van der Waals surface area (Å²) in [6, 6.07) is 2.53. The lowest BCUT2D eigenvalue weighted by Crippen LogP contribution is -2.55. The van der Waals surface area contributed by atoms with Crippen LogP contribution in [0.3, 0.4) is 0 Å². The highest BCUT2D eigenvalue weighted by atomic mass is 16.5. The summed E-state index contributed by atoms with van der Waals surface area (Å²) in [5, 5.41) is 7.62. The normalized spacial score (nSPS) is 19.9. The van der Waals surface area contributed by atoms with Crippen molar-refractivity contribution in [1.82, 2.24) is 15.1 Å². The molecule has 0 saturated heterocycles. The van der Waals surface area contributed by atoms with Gasteiger partial charge in [-0.25, -0.2) is 0 Å². The second-order valence-electron chi connectivity index (χ2n) is 4.95. The maximum Gasteiger partial charge on any atom is 0.0831 e. The summed E-state index contributed by atoms with van der Waals surface area (Å²) < 4.78 is 7.69. The van der Waals surface area contributed by atoms with E-state index in [0.717, 1.165) is 12.8 Å². The molecule has 0 radical (unpaired) electrons. The summed E-state index contributed by atoms with van der Waals surface area (Å²) in [5.41, 5.74) is 1.36. The standard InChI is InChI=1S/C13H23N3O/c1-14-12(13(17-3)8-4-9-13)6-5-11-7-10-15-16(11)2/h7,10,12,14H,4-6,8-9H2,1-3H3. The van der Waals surface area contributed by atoms with E-state index in [9.17, 15) is 0 Å². The highest BCUT2D eigenvalue weighted by Gasteiger charge is 2.43. The molecule has 17 heavy (non-hydrogen) atoms. The molecule has 1 heterocycles. The first kappa shape index (κ1) is 12.6. The number of nitrogens with one attached hydrogen (secondary N) is 1. The molecule has 4 nitrogen and oxygen atoms in total. The molecular weight excluding hydrogens is 214 g/mol. The molecule has 1 atom stereocenters. The monoisotopic (exact) mass is 237 g/mol. The number of hydrogen-bond acceptors (Lipinski definition) is 3. The third-order valence-corrected chi connectivity index (χ3v) is 4.20. The Hall–Kier alpha value is -0.870. The van der Waals surface area contributed by atoms with Crippen molar-refractivity contribution in [3.63, 3.8) is 0 Å². The molecule has 1 aromatic heterocycles. The van der Waals surface area contributed by atoms with Crippen LogP contribution in [0, 0.1) is 0 Å². The van der Waals surface area contributed by atoms with E-state index in [1.165, 1.54) is 25.0 Å². The van der Waals surface area contributed by atoms with Crippen molar-refractivity contribution < 1.29 is 4.74 Å². The van der Waals surface area contributed by atoms with Crippen molar-refractivity contribution in [3.05, 3.63) is 18.0 Å². The Balaban J connectivity index is 1.94. The Morgan fingerprint density at radius 3 is 2.76 bits per heavy atom. The van der Waals surface area contributed by atoms with E-state index in [4.69, 9.17) is 4.74 Å². The van der Waals surface area contributed by atoms with E-state index in [1.807, 2.05) is 32.1 Å². The number of aromatic nitrogens is 2. The average molecular weight is 237 g/mol. The molecule has 1 saturated carbocycles. The number of nitrogens with zero attached hydrogens (tertiary/aromatic N) is 2. The molecule has 0 aromatic carbocycles. The van der Waals surface area contributed by atoms with Gasteiger partial charge in [-0.2, -0.15) is 5.10 Å². The molecule has 2 rings (SSSR count). The first-order chi connectivity index (χ1) is 8.22. The quantitative estimate of drug-likeness (QED) is 0.815. The maximum atomic E-state index is 5.74. The number of hydrogen-bond donors (Lipinski definition) is 1. The van der Waals surface area contributed by atoms with E-state index in [-0.39, 0.29) is 5.60 Å². The molecule has 1 aromatic rings. The molecule has 4 heteroatoms. The van der Waals surface area contributed by atoms with Crippen molar-refractivity contribution in [2.45, 2.75) is 43.7 Å². The number of ether oxygens (including phenoxy) is 1. The molecule has 1 aliphatic carbocycles. The Labute approximate surface area is 103 Å². The number of methoxy groups -OCH3 is 1. The van der Waals surface area contributed by atoms with Crippen molar-refractivity contribution >= 4 is 0 Å². The van der Waals surface area contributed by atoms with Gasteiger partial charge >= 0.3 is 0 Å². The first-order valence-corrected chi connectivity index (χ1v) is 6.41. The van der Waals surface area contributed by atoms with Crippen molar-refractivity contribution in [3.8, 4) is 0 Å². The molecule has 0 amide bonds. The summed E-state index contributed by atoms with van der Waals surface area (Å²) in [5.74, 6) is 0. The lowest BCUT2D eigenvalue weighted by Gasteiger charge is -2.46. The molecule has 0 bridgehead atoms. The van der Waals surface area contributed by atoms with Gasteiger partial charge in [0.05, 0.1) is 5.60 Å². The van der Waals surface area contributed by atoms with E-state index < -0.39 is 0 Å². The fraction of sp³-hybridized carbons (Fsp3) is 0.769. The molecule has 1 aliphatic rings. The zero-order valence-electron chi connectivity index (χ0n) is 11.1. The largest absolute Gasteiger partial charge is 0.377 e. The van der Waals surface area contributed by atoms with Crippen molar-refractivity contribution in [1.29, 1.82) is 0 Å². The molecular formula is C13H23N3O. The summed E-state index contributed by atoms with van der Waals surface area (Å²) >= 11 is 0. The van der Waals surface area contributed by atoms with Gasteiger partial charge in [0, 0.05) is 32.1 Å². The van der Waals surface area contributed by atoms with Crippen molar-refractivity contribution in [2.24, 2.45) is 7.05 Å². The minimum Gasteiger partial charge on any atom is -0.377 e. The highest BCUT2D eigenvalue weighted by molar-refractivity contribution is 5.04. The van der Waals surface area contributed by atoms with E-state index >= 15 is 0 Å². The van der Waals surface area contributed by atoms with Gasteiger partial charge in [0.1, 0.15) is 0 Å². The van der Waals surface area contributed by atoms with Crippen LogP contribution in [0.1, 0.15) is 31.4 Å². The van der Waals surface area contributed by atoms with Gasteiger partial charge in [-0.3, -0.25) is 4.68 Å². The van der Waals surface area contributed by atoms with Crippen LogP contribution in [-0.2, 0) is 18.2 Å². The second kappa shape index (κ2) is 5.19. The van der Waals surface area contributed by atoms with Crippen molar-refractivity contribution in [2.75, 3.05) is 14.2 Å². The summed E-state index contributed by atoms with van der Waals surface area (Å²) in [6.07, 6.45) is 7.66.